The van der Waals surface area contributed by atoms with E-state index in [0.717, 1.165) is 51.4 Å². The van der Waals surface area contributed by atoms with Crippen molar-refractivity contribution in [3.05, 3.63) is 35.4 Å². The maximum atomic E-state index is 13.8. The van der Waals surface area contributed by atoms with Gasteiger partial charge < -0.3 is 14.2 Å². The molecule has 0 radical (unpaired) electrons. The Morgan fingerprint density at radius 2 is 1.22 bits per heavy atom. The number of rotatable bonds is 7. The van der Waals surface area contributed by atoms with E-state index in [0.29, 0.717) is 11.5 Å². The fraction of sp³-hybridized carbons (Fsp3) is 0.727. The van der Waals surface area contributed by atoms with Crippen molar-refractivity contribution in [2.24, 2.45) is 0 Å². The fourth-order valence-electron chi connectivity index (χ4n) is 4.13. The summed E-state index contributed by atoms with van der Waals surface area (Å²) in [4.78, 5) is 0. The average Bonchev–Trinajstić information content (AvgIpc) is 2.69. The Morgan fingerprint density at radius 3 is 1.63 bits per heavy atom. The van der Waals surface area contributed by atoms with Crippen LogP contribution >= 0.6 is 7.60 Å². The summed E-state index contributed by atoms with van der Waals surface area (Å²) in [5, 5.41) is 11.0. The van der Waals surface area contributed by atoms with Gasteiger partial charge >= 0.3 is 7.60 Å². The molecule has 2 aliphatic carbocycles. The molecule has 1 N–H and O–H groups in total. The Morgan fingerprint density at radius 1 is 0.815 bits per heavy atom. The summed E-state index contributed by atoms with van der Waals surface area (Å²) in [6.07, 6.45) is 10.2. The van der Waals surface area contributed by atoms with Crippen LogP contribution in [-0.4, -0.2) is 17.3 Å². The highest BCUT2D eigenvalue weighted by Crippen LogP contribution is 2.62. The molecule has 2 aliphatic rings. The zero-order valence-corrected chi connectivity index (χ0v) is 17.7. The van der Waals surface area contributed by atoms with Crippen molar-refractivity contribution < 1.29 is 18.7 Å². The van der Waals surface area contributed by atoms with Gasteiger partial charge in [-0.3, -0.25) is 4.57 Å². The van der Waals surface area contributed by atoms with Crippen LogP contribution in [0.4, 0.5) is 0 Å². The molecule has 27 heavy (non-hydrogen) atoms. The Kier molecular flexibility index (Phi) is 7.56. The number of aliphatic hydroxyl groups is 1. The predicted octanol–water partition coefficient (Wildman–Crippen LogP) is 6.69. The van der Waals surface area contributed by atoms with Crippen LogP contribution in [0.25, 0.3) is 0 Å². The number of aliphatic hydroxyl groups excluding tert-OH is 1. The summed E-state index contributed by atoms with van der Waals surface area (Å²) in [5.74, 6) is -0.803. The van der Waals surface area contributed by atoms with E-state index in [4.69, 9.17) is 9.05 Å². The molecule has 1 aromatic rings. The largest absolute Gasteiger partial charge is 0.376 e. The molecule has 0 saturated heterocycles. The van der Waals surface area contributed by atoms with Crippen molar-refractivity contribution in [3.63, 3.8) is 0 Å². The molecule has 0 aliphatic heterocycles. The van der Waals surface area contributed by atoms with Gasteiger partial charge in [-0.2, -0.15) is 0 Å². The van der Waals surface area contributed by atoms with E-state index in [9.17, 15) is 9.67 Å². The number of hydrogen-bond donors (Lipinski definition) is 1. The first-order chi connectivity index (χ1) is 13.0. The first-order valence-corrected chi connectivity index (χ1v) is 12.3. The summed E-state index contributed by atoms with van der Waals surface area (Å²) < 4.78 is 25.9. The molecule has 0 spiro atoms. The standard InChI is InChI=1S/C22H35O4P/c1-17(2)18-13-15-19(16-14-18)22(23)27(24,25-20-9-5-3-6-10-20)26-21-11-7-4-8-12-21/h13-17,20-23H,3-12H2,1-2H3/t22-/m1/s1. The molecule has 2 fully saturated rings. The molecule has 1 aromatic carbocycles. The van der Waals surface area contributed by atoms with Gasteiger partial charge in [0.25, 0.3) is 0 Å². The SMILES string of the molecule is CC(C)c1ccc([C@H](O)P(=O)(OC2CCCCC2)OC2CCCCC2)cc1. The quantitative estimate of drug-likeness (QED) is 0.523. The lowest BCUT2D eigenvalue weighted by Crippen LogP contribution is -2.22. The second kappa shape index (κ2) is 9.69. The normalized spacial score (nSPS) is 21.5. The summed E-state index contributed by atoms with van der Waals surface area (Å²) >= 11 is 0. The fourth-order valence-corrected chi connectivity index (χ4v) is 6.20. The van der Waals surface area contributed by atoms with Gasteiger partial charge in [0.15, 0.2) is 5.85 Å². The third-order valence-corrected chi connectivity index (χ3v) is 7.98. The Balaban J connectivity index is 1.78. The van der Waals surface area contributed by atoms with E-state index in [1.54, 1.807) is 0 Å². The summed E-state index contributed by atoms with van der Waals surface area (Å²) in [7, 11) is -3.65. The van der Waals surface area contributed by atoms with Crippen molar-refractivity contribution in [3.8, 4) is 0 Å². The van der Waals surface area contributed by atoms with Gasteiger partial charge in [0, 0.05) is 0 Å². The Bertz CT molecular complexity index is 592. The van der Waals surface area contributed by atoms with Gasteiger partial charge in [-0.1, -0.05) is 76.6 Å². The molecule has 1 atom stereocenters. The topological polar surface area (TPSA) is 55.8 Å². The Labute approximate surface area is 164 Å². The van der Waals surface area contributed by atoms with Crippen LogP contribution in [0.1, 0.15) is 101 Å². The molecule has 4 nitrogen and oxygen atoms in total. The van der Waals surface area contributed by atoms with Crippen LogP contribution in [0.15, 0.2) is 24.3 Å². The van der Waals surface area contributed by atoms with E-state index in [2.05, 4.69) is 13.8 Å². The molecule has 0 aromatic heterocycles. The van der Waals surface area contributed by atoms with Crippen LogP contribution in [0.2, 0.25) is 0 Å². The van der Waals surface area contributed by atoms with Gasteiger partial charge in [0.05, 0.1) is 12.2 Å². The smallest absolute Gasteiger partial charge is 0.363 e. The van der Waals surface area contributed by atoms with Crippen molar-refractivity contribution in [1.82, 2.24) is 0 Å². The molecule has 3 rings (SSSR count). The molecule has 2 saturated carbocycles. The lowest BCUT2D eigenvalue weighted by Gasteiger charge is -2.33. The molecule has 152 valence electrons. The molecule has 0 bridgehead atoms. The minimum atomic E-state index is -3.65. The van der Waals surface area contributed by atoms with Crippen LogP contribution in [-0.2, 0) is 13.6 Å². The molecule has 0 amide bonds. The summed E-state index contributed by atoms with van der Waals surface area (Å²) in [5.41, 5.74) is 1.82. The van der Waals surface area contributed by atoms with Crippen LogP contribution < -0.4 is 0 Å². The van der Waals surface area contributed by atoms with Crippen molar-refractivity contribution in [1.29, 1.82) is 0 Å². The van der Waals surface area contributed by atoms with E-state index in [1.807, 2.05) is 24.3 Å². The number of benzene rings is 1. The van der Waals surface area contributed by atoms with Gasteiger partial charge in [-0.25, -0.2) is 0 Å². The molecular weight excluding hydrogens is 359 g/mol. The number of hydrogen-bond acceptors (Lipinski definition) is 4. The third-order valence-electron chi connectivity index (χ3n) is 5.90. The molecular formula is C22H35O4P. The van der Waals surface area contributed by atoms with Crippen molar-refractivity contribution in [2.75, 3.05) is 0 Å². The lowest BCUT2D eigenvalue weighted by molar-refractivity contribution is 0.0545. The van der Waals surface area contributed by atoms with Gasteiger partial charge in [0.2, 0.25) is 0 Å². The minimum absolute atomic E-state index is 0.0715. The van der Waals surface area contributed by atoms with E-state index in [-0.39, 0.29) is 12.2 Å². The predicted molar refractivity (Wildman–Crippen MR) is 109 cm³/mol. The van der Waals surface area contributed by atoms with Gasteiger partial charge in [-0.15, -0.1) is 0 Å². The summed E-state index contributed by atoms with van der Waals surface area (Å²) in [6, 6.07) is 7.71. The zero-order chi connectivity index (χ0) is 19.3. The second-order valence-electron chi connectivity index (χ2n) is 8.47. The lowest BCUT2D eigenvalue weighted by atomic mass is 9.98. The summed E-state index contributed by atoms with van der Waals surface area (Å²) in [6.45, 7) is 4.27. The van der Waals surface area contributed by atoms with Crippen LogP contribution in [0, 0.1) is 0 Å². The van der Waals surface area contributed by atoms with Crippen LogP contribution in [0.5, 0.6) is 0 Å². The third kappa shape index (κ3) is 5.67. The molecule has 5 heteroatoms. The highest BCUT2D eigenvalue weighted by molar-refractivity contribution is 7.54. The van der Waals surface area contributed by atoms with E-state index in [1.165, 1.54) is 18.4 Å². The average molecular weight is 394 g/mol. The highest BCUT2D eigenvalue weighted by atomic mass is 31.2. The first-order valence-electron chi connectivity index (χ1n) is 10.7. The maximum absolute atomic E-state index is 13.8. The zero-order valence-electron chi connectivity index (χ0n) is 16.8. The first kappa shape index (κ1) is 21.0. The maximum Gasteiger partial charge on any atom is 0.363 e. The minimum Gasteiger partial charge on any atom is -0.376 e. The monoisotopic (exact) mass is 394 g/mol. The highest BCUT2D eigenvalue weighted by Gasteiger charge is 2.41. The van der Waals surface area contributed by atoms with Crippen molar-refractivity contribution >= 4 is 7.60 Å². The van der Waals surface area contributed by atoms with Crippen molar-refractivity contribution in [2.45, 2.75) is 102 Å². The van der Waals surface area contributed by atoms with Gasteiger partial charge in [0.1, 0.15) is 0 Å². The molecule has 0 unspecified atom stereocenters. The Hall–Kier alpha value is -0.670. The molecule has 0 heterocycles. The van der Waals surface area contributed by atoms with E-state index < -0.39 is 13.4 Å². The van der Waals surface area contributed by atoms with Crippen LogP contribution in [0.3, 0.4) is 0 Å². The second-order valence-corrected chi connectivity index (χ2v) is 10.5. The van der Waals surface area contributed by atoms with Gasteiger partial charge in [-0.05, 0) is 42.7 Å². The van der Waals surface area contributed by atoms with E-state index >= 15 is 0 Å².